The van der Waals surface area contributed by atoms with Gasteiger partial charge in [0.1, 0.15) is 11.4 Å². The molecule has 0 spiro atoms. The monoisotopic (exact) mass is 372 g/mol. The number of hydrogen-bond donors (Lipinski definition) is 0. The van der Waals surface area contributed by atoms with Gasteiger partial charge in [-0.1, -0.05) is 19.3 Å². The van der Waals surface area contributed by atoms with Crippen LogP contribution in [0.15, 0.2) is 22.6 Å². The number of piperazine rings is 1. The number of carbonyl (C=O) groups excluding carboxylic acids is 2. The van der Waals surface area contributed by atoms with Crippen LogP contribution in [-0.2, 0) is 4.79 Å². The number of fused-ring (bicyclic) bond motifs is 1. The summed E-state index contributed by atoms with van der Waals surface area (Å²) in [7, 11) is 0. The lowest BCUT2D eigenvalue weighted by molar-refractivity contribution is -0.138. The van der Waals surface area contributed by atoms with Crippen LogP contribution in [-0.4, -0.2) is 47.8 Å². The minimum absolute atomic E-state index is 0.161. The number of hydrogen-bond acceptors (Lipinski definition) is 3. The number of benzene rings is 1. The van der Waals surface area contributed by atoms with Crippen LogP contribution in [0.4, 0.5) is 4.39 Å². The van der Waals surface area contributed by atoms with Crippen molar-refractivity contribution in [2.75, 3.05) is 26.2 Å². The van der Waals surface area contributed by atoms with Gasteiger partial charge in [-0.15, -0.1) is 0 Å². The highest BCUT2D eigenvalue weighted by molar-refractivity contribution is 5.99. The van der Waals surface area contributed by atoms with Crippen molar-refractivity contribution in [3.8, 4) is 0 Å². The van der Waals surface area contributed by atoms with E-state index in [1.807, 2.05) is 4.90 Å². The molecule has 0 unspecified atom stereocenters. The van der Waals surface area contributed by atoms with Gasteiger partial charge < -0.3 is 14.2 Å². The molecule has 1 aromatic carbocycles. The smallest absolute Gasteiger partial charge is 0.290 e. The summed E-state index contributed by atoms with van der Waals surface area (Å²) in [6.45, 7) is 3.91. The minimum Gasteiger partial charge on any atom is -0.451 e. The molecule has 2 heterocycles. The van der Waals surface area contributed by atoms with Crippen molar-refractivity contribution in [1.82, 2.24) is 9.80 Å². The maximum absolute atomic E-state index is 13.5. The molecule has 2 aliphatic rings. The highest BCUT2D eigenvalue weighted by Crippen LogP contribution is 2.28. The SMILES string of the molecule is Cc1c(C(=O)N2CCN(C(=O)C3CCCCC3)CC2)oc2ccc(F)cc12. The molecular weight excluding hydrogens is 347 g/mol. The molecule has 0 bridgehead atoms. The van der Waals surface area contributed by atoms with Gasteiger partial charge in [0.05, 0.1) is 0 Å². The molecule has 6 heteroatoms. The fourth-order valence-electron chi connectivity index (χ4n) is 4.28. The maximum Gasteiger partial charge on any atom is 0.290 e. The second-order valence-electron chi connectivity index (χ2n) is 7.65. The zero-order valence-electron chi connectivity index (χ0n) is 15.7. The Bertz CT molecular complexity index is 862. The molecule has 1 saturated heterocycles. The molecule has 0 atom stereocenters. The van der Waals surface area contributed by atoms with Gasteiger partial charge in [0.2, 0.25) is 5.91 Å². The van der Waals surface area contributed by atoms with Crippen molar-refractivity contribution < 1.29 is 18.4 Å². The quantitative estimate of drug-likeness (QED) is 0.807. The van der Waals surface area contributed by atoms with Crippen LogP contribution in [0.5, 0.6) is 0 Å². The first kappa shape index (κ1) is 18.0. The third kappa shape index (κ3) is 3.45. The standard InChI is InChI=1S/C21H25FN2O3/c1-14-17-13-16(22)7-8-18(17)27-19(14)21(26)24-11-9-23(10-12-24)20(25)15-5-3-2-4-6-15/h7-8,13,15H,2-6,9-12H2,1H3. The van der Waals surface area contributed by atoms with E-state index in [1.165, 1.54) is 18.6 Å². The second kappa shape index (κ2) is 7.33. The molecule has 2 fully saturated rings. The fraction of sp³-hybridized carbons (Fsp3) is 0.524. The summed E-state index contributed by atoms with van der Waals surface area (Å²) in [5.74, 6) is 0.141. The van der Waals surface area contributed by atoms with Gasteiger partial charge in [0.15, 0.2) is 5.76 Å². The molecule has 144 valence electrons. The van der Waals surface area contributed by atoms with Crippen LogP contribution in [0.25, 0.3) is 11.0 Å². The van der Waals surface area contributed by atoms with Crippen LogP contribution in [0.2, 0.25) is 0 Å². The Balaban J connectivity index is 1.43. The van der Waals surface area contributed by atoms with E-state index in [4.69, 9.17) is 4.42 Å². The third-order valence-corrected chi connectivity index (χ3v) is 5.93. The van der Waals surface area contributed by atoms with Crippen molar-refractivity contribution in [2.45, 2.75) is 39.0 Å². The highest BCUT2D eigenvalue weighted by Gasteiger charge is 2.31. The lowest BCUT2D eigenvalue weighted by atomic mass is 9.88. The molecule has 27 heavy (non-hydrogen) atoms. The molecule has 4 rings (SSSR count). The number of carbonyl (C=O) groups is 2. The lowest BCUT2D eigenvalue weighted by Crippen LogP contribution is -2.52. The topological polar surface area (TPSA) is 53.8 Å². The number of rotatable bonds is 2. The summed E-state index contributed by atoms with van der Waals surface area (Å²) in [5.41, 5.74) is 1.18. The van der Waals surface area contributed by atoms with Crippen LogP contribution < -0.4 is 0 Å². The molecule has 0 N–H and O–H groups in total. The zero-order chi connectivity index (χ0) is 19.0. The lowest BCUT2D eigenvalue weighted by Gasteiger charge is -2.36. The first-order valence-corrected chi connectivity index (χ1v) is 9.81. The van der Waals surface area contributed by atoms with Crippen LogP contribution in [0.3, 0.4) is 0 Å². The molecular formula is C21H25FN2O3. The van der Waals surface area contributed by atoms with Gasteiger partial charge in [0.25, 0.3) is 5.91 Å². The molecule has 1 aliphatic carbocycles. The van der Waals surface area contributed by atoms with E-state index in [0.717, 1.165) is 25.7 Å². The van der Waals surface area contributed by atoms with Gasteiger partial charge in [0, 0.05) is 43.0 Å². The van der Waals surface area contributed by atoms with Crippen molar-refractivity contribution >= 4 is 22.8 Å². The van der Waals surface area contributed by atoms with Gasteiger partial charge >= 0.3 is 0 Å². The molecule has 1 aromatic heterocycles. The van der Waals surface area contributed by atoms with Crippen molar-refractivity contribution in [3.05, 3.63) is 35.3 Å². The summed E-state index contributed by atoms with van der Waals surface area (Å²) in [6.07, 6.45) is 5.49. The first-order valence-electron chi connectivity index (χ1n) is 9.81. The average molecular weight is 372 g/mol. The molecule has 2 amide bonds. The van der Waals surface area contributed by atoms with Gasteiger partial charge in [-0.3, -0.25) is 9.59 Å². The predicted molar refractivity (Wildman–Crippen MR) is 100.0 cm³/mol. The molecule has 5 nitrogen and oxygen atoms in total. The summed E-state index contributed by atoms with van der Waals surface area (Å²) in [5, 5.41) is 0.629. The van der Waals surface area contributed by atoms with E-state index in [0.29, 0.717) is 42.7 Å². The van der Waals surface area contributed by atoms with E-state index in [-0.39, 0.29) is 29.3 Å². The number of nitrogens with zero attached hydrogens (tertiary/aromatic N) is 2. The van der Waals surface area contributed by atoms with E-state index in [9.17, 15) is 14.0 Å². The molecule has 0 radical (unpaired) electrons. The second-order valence-corrected chi connectivity index (χ2v) is 7.65. The molecule has 2 aromatic rings. The van der Waals surface area contributed by atoms with Crippen LogP contribution in [0, 0.1) is 18.7 Å². The molecule has 1 aliphatic heterocycles. The van der Waals surface area contributed by atoms with Gasteiger partial charge in [-0.25, -0.2) is 4.39 Å². The van der Waals surface area contributed by atoms with Crippen LogP contribution in [0.1, 0.15) is 48.2 Å². The minimum atomic E-state index is -0.347. The van der Waals surface area contributed by atoms with E-state index < -0.39 is 0 Å². The summed E-state index contributed by atoms with van der Waals surface area (Å²) in [6, 6.07) is 4.27. The largest absolute Gasteiger partial charge is 0.451 e. The van der Waals surface area contributed by atoms with Crippen LogP contribution >= 0.6 is 0 Å². The van der Waals surface area contributed by atoms with Crippen molar-refractivity contribution in [1.29, 1.82) is 0 Å². The van der Waals surface area contributed by atoms with E-state index >= 15 is 0 Å². The average Bonchev–Trinajstić information content (AvgIpc) is 3.04. The predicted octanol–water partition coefficient (Wildman–Crippen LogP) is 3.75. The Kier molecular flexibility index (Phi) is 4.89. The normalized spacial score (nSPS) is 18.9. The number of amides is 2. The molecule has 1 saturated carbocycles. The Morgan fingerprint density at radius 3 is 2.41 bits per heavy atom. The first-order chi connectivity index (χ1) is 13.0. The number of halogens is 1. The van der Waals surface area contributed by atoms with Crippen molar-refractivity contribution in [2.24, 2.45) is 5.92 Å². The summed E-state index contributed by atoms with van der Waals surface area (Å²) >= 11 is 0. The number of aryl methyl sites for hydroxylation is 1. The van der Waals surface area contributed by atoms with E-state index in [1.54, 1.807) is 17.9 Å². The van der Waals surface area contributed by atoms with Gasteiger partial charge in [-0.05, 0) is 38.0 Å². The Morgan fingerprint density at radius 2 is 1.70 bits per heavy atom. The fourth-order valence-corrected chi connectivity index (χ4v) is 4.28. The third-order valence-electron chi connectivity index (χ3n) is 5.93. The van der Waals surface area contributed by atoms with Gasteiger partial charge in [-0.2, -0.15) is 0 Å². The van der Waals surface area contributed by atoms with E-state index in [2.05, 4.69) is 0 Å². The Hall–Kier alpha value is -2.37. The maximum atomic E-state index is 13.5. The zero-order valence-corrected chi connectivity index (χ0v) is 15.7. The summed E-state index contributed by atoms with van der Waals surface area (Å²) < 4.78 is 19.2. The Morgan fingerprint density at radius 1 is 1.04 bits per heavy atom. The number of furan rings is 1. The Labute approximate surface area is 158 Å². The van der Waals surface area contributed by atoms with Crippen molar-refractivity contribution in [3.63, 3.8) is 0 Å². The summed E-state index contributed by atoms with van der Waals surface area (Å²) in [4.78, 5) is 29.2. The highest BCUT2D eigenvalue weighted by atomic mass is 19.1.